The highest BCUT2D eigenvalue weighted by molar-refractivity contribution is 9.10. The number of rotatable bonds is 3. The molecule has 0 spiro atoms. The fraction of sp³-hybridized carbons (Fsp3) is 0.304. The fourth-order valence-corrected chi connectivity index (χ4v) is 6.88. The molecule has 172 valence electrons. The highest BCUT2D eigenvalue weighted by atomic mass is 79.9. The van der Waals surface area contributed by atoms with Crippen LogP contribution in [0.1, 0.15) is 39.7 Å². The molecule has 5 rings (SSSR count). The highest BCUT2D eigenvalue weighted by Gasteiger charge is 2.48. The van der Waals surface area contributed by atoms with Crippen molar-refractivity contribution in [2.24, 2.45) is 0 Å². The van der Waals surface area contributed by atoms with Crippen molar-refractivity contribution in [3.05, 3.63) is 67.5 Å². The molecule has 1 saturated heterocycles. The van der Waals surface area contributed by atoms with Crippen LogP contribution in [-0.2, 0) is 9.84 Å². The fourth-order valence-electron chi connectivity index (χ4n) is 4.71. The first-order valence-electron chi connectivity index (χ1n) is 10.3. The third-order valence-electron chi connectivity index (χ3n) is 6.25. The lowest BCUT2D eigenvalue weighted by Crippen LogP contribution is -2.40. The van der Waals surface area contributed by atoms with Gasteiger partial charge in [0.05, 0.1) is 40.1 Å². The van der Waals surface area contributed by atoms with Gasteiger partial charge in [-0.15, -0.1) is 0 Å². The van der Waals surface area contributed by atoms with Crippen LogP contribution in [0, 0.1) is 6.92 Å². The second-order valence-corrected chi connectivity index (χ2v) is 11.5. The monoisotopic (exact) mass is 533 g/mol. The Labute approximate surface area is 197 Å². The number of ether oxygens (including phenoxy) is 1. The Morgan fingerprint density at radius 3 is 2.64 bits per heavy atom. The molecule has 2 unspecified atom stereocenters. The van der Waals surface area contributed by atoms with E-state index in [2.05, 4.69) is 15.9 Å². The maximum atomic E-state index is 13.6. The largest absolute Gasteiger partial charge is 0.503 e. The molecule has 1 amide bonds. The predicted octanol–water partition coefficient (Wildman–Crippen LogP) is 3.31. The first-order valence-corrected chi connectivity index (χ1v) is 12.9. The number of hydrogen-bond acceptors (Lipinski definition) is 7. The molecule has 3 aromatic rings. The number of halogens is 1. The van der Waals surface area contributed by atoms with Crippen LogP contribution in [0.3, 0.4) is 0 Å². The number of hydrogen-bond donors (Lipinski definition) is 1. The van der Waals surface area contributed by atoms with E-state index >= 15 is 0 Å². The summed E-state index contributed by atoms with van der Waals surface area (Å²) < 4.78 is 36.0. The van der Waals surface area contributed by atoms with E-state index in [4.69, 9.17) is 9.15 Å². The summed E-state index contributed by atoms with van der Waals surface area (Å²) in [5, 5.41) is 10.6. The molecule has 2 aliphatic heterocycles. The van der Waals surface area contributed by atoms with Gasteiger partial charge in [-0.2, -0.15) is 0 Å². The SMILES string of the molecule is COc1cc(C2c3c(oc4ccc(C)cc4c3=O)C(=O)N2C2CCS(=O)(=O)C2)cc(Br)c1O. The zero-order valence-corrected chi connectivity index (χ0v) is 20.2. The average Bonchev–Trinajstić information content (AvgIpc) is 3.27. The Morgan fingerprint density at radius 2 is 1.97 bits per heavy atom. The first-order chi connectivity index (χ1) is 15.6. The predicted molar refractivity (Wildman–Crippen MR) is 125 cm³/mol. The van der Waals surface area contributed by atoms with Crippen LogP contribution >= 0.6 is 15.9 Å². The summed E-state index contributed by atoms with van der Waals surface area (Å²) in [5.74, 6) is -0.807. The second kappa shape index (κ2) is 7.59. The van der Waals surface area contributed by atoms with E-state index in [0.29, 0.717) is 21.0 Å². The first kappa shape index (κ1) is 22.0. The van der Waals surface area contributed by atoms with Crippen molar-refractivity contribution in [2.45, 2.75) is 25.4 Å². The summed E-state index contributed by atoms with van der Waals surface area (Å²) in [6, 6.07) is 6.79. The van der Waals surface area contributed by atoms with Gasteiger partial charge in [0.25, 0.3) is 5.91 Å². The van der Waals surface area contributed by atoms with Crippen molar-refractivity contribution >= 4 is 42.6 Å². The number of sulfone groups is 1. The van der Waals surface area contributed by atoms with E-state index in [1.165, 1.54) is 12.0 Å². The highest BCUT2D eigenvalue weighted by Crippen LogP contribution is 2.45. The number of phenolic OH excluding ortho intramolecular Hbond substituents is 1. The van der Waals surface area contributed by atoms with Gasteiger partial charge >= 0.3 is 0 Å². The van der Waals surface area contributed by atoms with Gasteiger partial charge in [-0.1, -0.05) is 11.6 Å². The molecule has 2 aliphatic rings. The van der Waals surface area contributed by atoms with Crippen LogP contribution in [-0.4, -0.2) is 49.0 Å². The number of methoxy groups -OCH3 is 1. The summed E-state index contributed by atoms with van der Waals surface area (Å²) in [4.78, 5) is 28.6. The molecule has 0 saturated carbocycles. The van der Waals surface area contributed by atoms with Crippen molar-refractivity contribution in [1.29, 1.82) is 0 Å². The normalized spacial score (nSPS) is 21.5. The number of aromatic hydroxyl groups is 1. The van der Waals surface area contributed by atoms with Gasteiger partial charge in [0.1, 0.15) is 5.58 Å². The molecule has 33 heavy (non-hydrogen) atoms. The minimum Gasteiger partial charge on any atom is -0.503 e. The van der Waals surface area contributed by atoms with Gasteiger partial charge in [-0.25, -0.2) is 8.42 Å². The van der Waals surface area contributed by atoms with Gasteiger partial charge in [0.2, 0.25) is 5.76 Å². The van der Waals surface area contributed by atoms with Crippen LogP contribution in [0.25, 0.3) is 11.0 Å². The lowest BCUT2D eigenvalue weighted by Gasteiger charge is -2.30. The van der Waals surface area contributed by atoms with Gasteiger partial charge in [-0.3, -0.25) is 9.59 Å². The molecular weight excluding hydrogens is 514 g/mol. The van der Waals surface area contributed by atoms with Crippen LogP contribution in [0.5, 0.6) is 11.5 Å². The molecule has 0 radical (unpaired) electrons. The maximum Gasteiger partial charge on any atom is 0.291 e. The van der Waals surface area contributed by atoms with E-state index in [0.717, 1.165) is 5.56 Å². The molecule has 1 aromatic heterocycles. The zero-order chi connectivity index (χ0) is 23.7. The molecule has 0 bridgehead atoms. The molecule has 3 heterocycles. The number of aryl methyl sites for hydroxylation is 1. The van der Waals surface area contributed by atoms with Crippen molar-refractivity contribution in [3.8, 4) is 11.5 Å². The topological polar surface area (TPSA) is 114 Å². The Bertz CT molecular complexity index is 1490. The van der Waals surface area contributed by atoms with Gasteiger partial charge in [-0.05, 0) is 59.1 Å². The van der Waals surface area contributed by atoms with E-state index in [1.807, 2.05) is 6.92 Å². The van der Waals surface area contributed by atoms with Crippen molar-refractivity contribution in [2.75, 3.05) is 18.6 Å². The van der Waals surface area contributed by atoms with Crippen LogP contribution in [0.15, 0.2) is 44.0 Å². The molecule has 8 nitrogen and oxygen atoms in total. The Hall–Kier alpha value is -2.85. The Morgan fingerprint density at radius 1 is 1.21 bits per heavy atom. The second-order valence-electron chi connectivity index (χ2n) is 8.40. The zero-order valence-electron chi connectivity index (χ0n) is 17.8. The number of nitrogens with zero attached hydrogens (tertiary/aromatic N) is 1. The molecule has 10 heteroatoms. The Kier molecular flexibility index (Phi) is 5.06. The van der Waals surface area contributed by atoms with Crippen molar-refractivity contribution in [3.63, 3.8) is 0 Å². The standard InChI is InChI=1S/C23H20BrNO7S/c1-11-3-4-16-14(7-11)20(26)18-19(12-8-15(24)21(27)17(9-12)31-2)25(23(28)22(18)32-16)13-5-6-33(29,30)10-13/h3-4,7-9,13,19,27H,5-6,10H2,1-2H3. The summed E-state index contributed by atoms with van der Waals surface area (Å²) in [7, 11) is -1.91. The minimum absolute atomic E-state index is 0.0321. The number of carbonyl (C=O) groups excluding carboxylic acids is 1. The molecular formula is C23H20BrNO7S. The van der Waals surface area contributed by atoms with Crippen molar-refractivity contribution in [1.82, 2.24) is 4.90 Å². The minimum atomic E-state index is -3.31. The van der Waals surface area contributed by atoms with E-state index in [-0.39, 0.29) is 46.2 Å². The van der Waals surface area contributed by atoms with Crippen molar-refractivity contribution < 1.29 is 27.5 Å². The summed E-state index contributed by atoms with van der Waals surface area (Å²) >= 11 is 3.30. The number of phenols is 1. The number of fused-ring (bicyclic) bond motifs is 2. The summed E-state index contributed by atoms with van der Waals surface area (Å²) in [5.41, 5.74) is 1.46. The Balaban J connectivity index is 1.80. The van der Waals surface area contributed by atoms with Gasteiger partial charge in [0.15, 0.2) is 26.8 Å². The lowest BCUT2D eigenvalue weighted by atomic mass is 9.97. The van der Waals surface area contributed by atoms with Gasteiger partial charge < -0.3 is 19.2 Å². The molecule has 1 N–H and O–H groups in total. The lowest BCUT2D eigenvalue weighted by molar-refractivity contribution is 0.0662. The van der Waals surface area contributed by atoms with Crippen LogP contribution in [0.4, 0.5) is 0 Å². The third kappa shape index (κ3) is 3.43. The number of carbonyl (C=O) groups is 1. The van der Waals surface area contributed by atoms with Crippen LogP contribution in [0.2, 0.25) is 0 Å². The van der Waals surface area contributed by atoms with E-state index in [1.54, 1.807) is 30.3 Å². The number of amides is 1. The summed E-state index contributed by atoms with van der Waals surface area (Å²) in [6.07, 6.45) is 0.266. The maximum absolute atomic E-state index is 13.6. The average molecular weight is 534 g/mol. The van der Waals surface area contributed by atoms with E-state index < -0.39 is 27.8 Å². The molecule has 1 fully saturated rings. The van der Waals surface area contributed by atoms with Gasteiger partial charge in [0, 0.05) is 6.04 Å². The quantitative estimate of drug-likeness (QED) is 0.549. The smallest absolute Gasteiger partial charge is 0.291 e. The number of benzene rings is 2. The molecule has 0 aliphatic carbocycles. The molecule has 2 atom stereocenters. The summed E-state index contributed by atoms with van der Waals surface area (Å²) in [6.45, 7) is 1.85. The van der Waals surface area contributed by atoms with Crippen LogP contribution < -0.4 is 10.2 Å². The third-order valence-corrected chi connectivity index (χ3v) is 8.60. The molecule has 2 aromatic carbocycles. The van der Waals surface area contributed by atoms with E-state index in [9.17, 15) is 23.1 Å².